The van der Waals surface area contributed by atoms with Gasteiger partial charge in [0.2, 0.25) is 0 Å². The molecule has 1 aliphatic heterocycles. The molecule has 60 heavy (non-hydrogen) atoms. The van der Waals surface area contributed by atoms with Crippen LogP contribution < -0.4 is 14.5 Å². The van der Waals surface area contributed by atoms with Crippen LogP contribution in [0.25, 0.3) is 0 Å². The summed E-state index contributed by atoms with van der Waals surface area (Å²) >= 11 is 0. The van der Waals surface area contributed by atoms with E-state index in [2.05, 4.69) is 92.9 Å². The fraction of sp³-hybridized carbons (Fsp3) is 0.585. The fourth-order valence-electron chi connectivity index (χ4n) is 8.21. The smallest absolute Gasteiger partial charge is 0.337 e. The van der Waals surface area contributed by atoms with Crippen LogP contribution in [0.4, 0.5) is 0 Å². The number of aromatic nitrogens is 2. The first-order chi connectivity index (χ1) is 29.2. The number of benzene rings is 1. The molecule has 0 saturated carbocycles. The number of allylic oxidation sites excluding steroid dienone is 2. The van der Waals surface area contributed by atoms with Crippen molar-refractivity contribution in [1.82, 2.24) is 5.32 Å². The van der Waals surface area contributed by atoms with Crippen LogP contribution in [0.5, 0.6) is 0 Å². The molecule has 0 aliphatic carbocycles. The number of aryl methyl sites for hydroxylation is 4. The lowest BCUT2D eigenvalue weighted by molar-refractivity contribution is -0.692. The van der Waals surface area contributed by atoms with E-state index in [1.807, 2.05) is 30.3 Å². The Kier molecular flexibility index (Phi) is 22.2. The molecule has 0 amide bonds. The zero-order chi connectivity index (χ0) is 43.0. The molecular weight excluding hydrogens is 743 g/mol. The Morgan fingerprint density at radius 1 is 0.500 bits per heavy atom. The molecule has 1 aromatic carbocycles. The number of carbonyl (C=O) groups is 2. The van der Waals surface area contributed by atoms with E-state index in [4.69, 9.17) is 9.47 Å². The van der Waals surface area contributed by atoms with Crippen LogP contribution in [0.2, 0.25) is 0 Å². The maximum atomic E-state index is 14.6. The topological polar surface area (TPSA) is 72.4 Å². The molecule has 328 valence electrons. The minimum Gasteiger partial charge on any atom is -0.462 e. The number of pyridine rings is 2. The Hall–Kier alpha value is -4.26. The summed E-state index contributed by atoms with van der Waals surface area (Å²) in [6.45, 7) is 14.5. The van der Waals surface area contributed by atoms with Crippen molar-refractivity contribution in [3.05, 3.63) is 118 Å². The van der Waals surface area contributed by atoms with E-state index in [9.17, 15) is 9.59 Å². The number of nitrogens with one attached hydrogen (secondary N) is 1. The largest absolute Gasteiger partial charge is 0.462 e. The van der Waals surface area contributed by atoms with Gasteiger partial charge >= 0.3 is 11.9 Å². The van der Waals surface area contributed by atoms with E-state index < -0.39 is 5.92 Å². The van der Waals surface area contributed by atoms with Crippen molar-refractivity contribution in [3.63, 3.8) is 0 Å². The molecule has 1 aliphatic rings. The summed E-state index contributed by atoms with van der Waals surface area (Å²) < 4.78 is 16.6. The summed E-state index contributed by atoms with van der Waals surface area (Å²) in [5.41, 5.74) is 8.00. The molecule has 0 bridgehead atoms. The van der Waals surface area contributed by atoms with Gasteiger partial charge in [-0.3, -0.25) is 0 Å². The monoisotopic (exact) mass is 822 g/mol. The van der Waals surface area contributed by atoms with Crippen LogP contribution >= 0.6 is 0 Å². The van der Waals surface area contributed by atoms with Gasteiger partial charge in [-0.05, 0) is 57.2 Å². The van der Waals surface area contributed by atoms with Gasteiger partial charge in [0.15, 0.2) is 37.9 Å². The highest BCUT2D eigenvalue weighted by Gasteiger charge is 2.42. The first kappa shape index (κ1) is 48.4. The molecule has 0 atom stereocenters. The van der Waals surface area contributed by atoms with Crippen LogP contribution in [0.3, 0.4) is 0 Å². The van der Waals surface area contributed by atoms with Gasteiger partial charge in [-0.2, -0.15) is 9.13 Å². The third-order valence-electron chi connectivity index (χ3n) is 12.2. The third-order valence-corrected chi connectivity index (χ3v) is 12.2. The van der Waals surface area contributed by atoms with Gasteiger partial charge < -0.3 is 14.8 Å². The summed E-state index contributed by atoms with van der Waals surface area (Å²) in [5.74, 6) is -1.44. The van der Waals surface area contributed by atoms with E-state index >= 15 is 0 Å². The first-order valence-electron chi connectivity index (χ1n) is 23.8. The molecule has 2 aromatic heterocycles. The zero-order valence-corrected chi connectivity index (χ0v) is 38.4. The Morgan fingerprint density at radius 3 is 1.23 bits per heavy atom. The van der Waals surface area contributed by atoms with Gasteiger partial charge in [-0.15, -0.1) is 0 Å². The Balaban J connectivity index is 1.61. The number of ether oxygens (including phenoxy) is 2. The molecule has 1 N–H and O–H groups in total. The van der Waals surface area contributed by atoms with Crippen LogP contribution in [0, 0.1) is 27.7 Å². The van der Waals surface area contributed by atoms with Crippen molar-refractivity contribution in [2.45, 2.75) is 189 Å². The number of rotatable bonds is 29. The van der Waals surface area contributed by atoms with Crippen molar-refractivity contribution < 1.29 is 28.2 Å². The third kappa shape index (κ3) is 16.3. The molecule has 3 heterocycles. The first-order valence-corrected chi connectivity index (χ1v) is 23.8. The van der Waals surface area contributed by atoms with Crippen molar-refractivity contribution in [3.8, 4) is 0 Å². The van der Waals surface area contributed by atoms with Gasteiger partial charge in [0.25, 0.3) is 0 Å². The minimum absolute atomic E-state index is 0.345. The van der Waals surface area contributed by atoms with Crippen molar-refractivity contribution >= 4 is 11.9 Å². The predicted molar refractivity (Wildman–Crippen MR) is 244 cm³/mol. The molecule has 0 radical (unpaired) electrons. The molecule has 3 aromatic rings. The van der Waals surface area contributed by atoms with Crippen LogP contribution in [0.1, 0.15) is 176 Å². The maximum absolute atomic E-state index is 14.6. The Labute approximate surface area is 364 Å². The molecule has 0 fully saturated rings. The molecule has 0 spiro atoms. The van der Waals surface area contributed by atoms with Gasteiger partial charge in [-0.1, -0.05) is 160 Å². The van der Waals surface area contributed by atoms with Crippen LogP contribution in [-0.4, -0.2) is 25.2 Å². The average molecular weight is 822 g/mol. The molecular formula is C53H79N3O4+2. The summed E-state index contributed by atoms with van der Waals surface area (Å²) in [5, 5.41) is 3.68. The number of unbranched alkanes of at least 4 members (excludes halogenated alkanes) is 18. The van der Waals surface area contributed by atoms with E-state index in [0.717, 1.165) is 66.6 Å². The van der Waals surface area contributed by atoms with Crippen molar-refractivity contribution in [2.75, 3.05) is 13.2 Å². The molecule has 0 unspecified atom stereocenters. The highest BCUT2D eigenvalue weighted by Crippen LogP contribution is 2.40. The van der Waals surface area contributed by atoms with E-state index in [1.54, 1.807) is 0 Å². The van der Waals surface area contributed by atoms with E-state index in [1.165, 1.54) is 101 Å². The lowest BCUT2D eigenvalue weighted by atomic mass is 9.80. The maximum Gasteiger partial charge on any atom is 0.337 e. The zero-order valence-electron chi connectivity index (χ0n) is 38.4. The van der Waals surface area contributed by atoms with E-state index in [0.29, 0.717) is 37.4 Å². The number of hydrogen-bond acceptors (Lipinski definition) is 5. The second-order valence-corrected chi connectivity index (χ2v) is 17.4. The van der Waals surface area contributed by atoms with E-state index in [-0.39, 0.29) is 11.9 Å². The highest BCUT2D eigenvalue weighted by atomic mass is 16.5. The normalized spacial score (nSPS) is 13.2. The lowest BCUT2D eigenvalue weighted by Crippen LogP contribution is -2.46. The molecule has 7 nitrogen and oxygen atoms in total. The Bertz CT molecular complexity index is 1700. The van der Waals surface area contributed by atoms with Gasteiger partial charge in [0, 0.05) is 23.3 Å². The van der Waals surface area contributed by atoms with Crippen LogP contribution in [-0.2, 0) is 32.2 Å². The number of dihydropyridines is 1. The standard InChI is InChI=1S/C53H78N3O4/c1-7-9-11-13-15-17-19-21-23-28-36-59-52(57)50-47(40-55-34-32-42(3)44(5)38-55)54-48(41-56-35-33-43(4)45(6)39-56)51(49(50)46-30-26-25-27-31-46)53(58)60-37-29-24-22-20-18-16-14-12-10-8-2/h25-27,30-35,38-39,49H,7-24,28-29,36-37,40-41H2,1-6H3/q+1/p+1. The lowest BCUT2D eigenvalue weighted by Gasteiger charge is -2.31. The second kappa shape index (κ2) is 27.6. The second-order valence-electron chi connectivity index (χ2n) is 17.4. The van der Waals surface area contributed by atoms with Crippen molar-refractivity contribution in [1.29, 1.82) is 0 Å². The predicted octanol–water partition coefficient (Wildman–Crippen LogP) is 12.0. The molecule has 7 heteroatoms. The SMILES string of the molecule is CCCCCCCCCCCCOC(=O)C1=C(C[n+]2ccc(C)c(C)c2)NC(C[n+]2ccc(C)c(C)c2)=C(C(=O)OCCCCCCCCCCCC)C1c1ccccc1. The van der Waals surface area contributed by atoms with Gasteiger partial charge in [0.05, 0.1) is 41.7 Å². The molecule has 4 rings (SSSR count). The fourth-order valence-corrected chi connectivity index (χ4v) is 8.21. The number of hydrogen-bond donors (Lipinski definition) is 1. The van der Waals surface area contributed by atoms with Crippen LogP contribution in [0.15, 0.2) is 89.8 Å². The number of carbonyl (C=O) groups excluding carboxylic acids is 2. The van der Waals surface area contributed by atoms with Gasteiger partial charge in [-0.25, -0.2) is 9.59 Å². The van der Waals surface area contributed by atoms with Gasteiger partial charge in [0.1, 0.15) is 0 Å². The Morgan fingerprint density at radius 2 is 0.867 bits per heavy atom. The average Bonchev–Trinajstić information content (AvgIpc) is 3.24. The minimum atomic E-state index is -0.669. The quantitative estimate of drug-likeness (QED) is 0.0429. The number of esters is 2. The summed E-state index contributed by atoms with van der Waals surface area (Å²) in [6.07, 6.45) is 32.5. The summed E-state index contributed by atoms with van der Waals surface area (Å²) in [6, 6.07) is 14.2. The summed E-state index contributed by atoms with van der Waals surface area (Å²) in [7, 11) is 0. The highest BCUT2D eigenvalue weighted by molar-refractivity contribution is 6.00. The number of nitrogens with zero attached hydrogens (tertiary/aromatic N) is 2. The van der Waals surface area contributed by atoms with Crippen molar-refractivity contribution in [2.24, 2.45) is 0 Å². The molecule has 0 saturated heterocycles. The summed E-state index contributed by atoms with van der Waals surface area (Å²) in [4.78, 5) is 29.3.